The molecule has 1 heterocycles. The molecule has 106 valence electrons. The van der Waals surface area contributed by atoms with Gasteiger partial charge in [0.1, 0.15) is 23.1 Å². The third-order valence-corrected chi connectivity index (χ3v) is 3.30. The molecule has 0 bridgehead atoms. The number of carbonyl (C=O) groups is 1. The molecule has 0 spiro atoms. The third kappa shape index (κ3) is 2.89. The number of aryl methyl sites for hydroxylation is 1. The van der Waals surface area contributed by atoms with Gasteiger partial charge in [-0.25, -0.2) is 4.79 Å². The van der Waals surface area contributed by atoms with Crippen molar-refractivity contribution in [3.8, 4) is 5.75 Å². The number of halogens is 2. The number of carboxylic acids is 1. The van der Waals surface area contributed by atoms with Gasteiger partial charge in [-0.1, -0.05) is 23.2 Å². The second-order valence-electron chi connectivity index (χ2n) is 4.25. The predicted octanol–water partition coefficient (Wildman–Crippen LogP) is 3.86. The number of hydrogen-bond donors (Lipinski definition) is 2. The Morgan fingerprint density at radius 1 is 1.45 bits per heavy atom. The van der Waals surface area contributed by atoms with Crippen LogP contribution in [-0.4, -0.2) is 21.3 Å². The van der Waals surface area contributed by atoms with Gasteiger partial charge in [0.2, 0.25) is 0 Å². The monoisotopic (exact) mass is 314 g/mol. The number of hydrogen-bond acceptors (Lipinski definition) is 3. The summed E-state index contributed by atoms with van der Waals surface area (Å²) < 4.78 is 5.65. The number of nitrogens with one attached hydrogen (secondary N) is 1. The van der Waals surface area contributed by atoms with Crippen LogP contribution < -0.4 is 4.74 Å². The first-order chi connectivity index (χ1) is 9.40. The van der Waals surface area contributed by atoms with E-state index in [4.69, 9.17) is 27.9 Å². The van der Waals surface area contributed by atoms with Crippen molar-refractivity contribution in [1.82, 2.24) is 10.2 Å². The molecule has 2 aromatic rings. The van der Waals surface area contributed by atoms with E-state index in [0.29, 0.717) is 27.2 Å². The first kappa shape index (κ1) is 14.7. The first-order valence-electron chi connectivity index (χ1n) is 5.80. The maximum absolute atomic E-state index is 11.2. The molecule has 0 amide bonds. The number of rotatable bonds is 4. The van der Waals surface area contributed by atoms with Gasteiger partial charge in [0.05, 0.1) is 5.02 Å². The van der Waals surface area contributed by atoms with E-state index in [-0.39, 0.29) is 5.56 Å². The summed E-state index contributed by atoms with van der Waals surface area (Å²) in [6, 6.07) is 4.82. The number of carboxylic acid groups (broad SMARTS) is 1. The van der Waals surface area contributed by atoms with Crippen molar-refractivity contribution < 1.29 is 14.6 Å². The molecule has 0 radical (unpaired) electrons. The highest BCUT2D eigenvalue weighted by molar-refractivity contribution is 6.35. The Bertz CT molecular complexity index is 655. The Kier molecular flexibility index (Phi) is 4.20. The van der Waals surface area contributed by atoms with Crippen molar-refractivity contribution in [3.05, 3.63) is 45.2 Å². The van der Waals surface area contributed by atoms with Crippen molar-refractivity contribution in [2.45, 2.75) is 20.0 Å². The fourth-order valence-electron chi connectivity index (χ4n) is 1.83. The summed E-state index contributed by atoms with van der Waals surface area (Å²) in [4.78, 5) is 11.2. The van der Waals surface area contributed by atoms with E-state index in [9.17, 15) is 9.90 Å². The highest BCUT2D eigenvalue weighted by Crippen LogP contribution is 2.31. The Morgan fingerprint density at radius 3 is 2.75 bits per heavy atom. The largest absolute Gasteiger partial charge is 0.483 e. The highest BCUT2D eigenvalue weighted by atomic mass is 35.5. The summed E-state index contributed by atoms with van der Waals surface area (Å²) in [6.45, 7) is 3.34. The number of aromatic nitrogens is 2. The van der Waals surface area contributed by atoms with Crippen LogP contribution in [0.5, 0.6) is 5.75 Å². The number of H-pyrrole nitrogens is 1. The van der Waals surface area contributed by atoms with Gasteiger partial charge in [-0.15, -0.1) is 0 Å². The predicted molar refractivity (Wildman–Crippen MR) is 75.8 cm³/mol. The van der Waals surface area contributed by atoms with Crippen LogP contribution in [0.15, 0.2) is 18.2 Å². The van der Waals surface area contributed by atoms with E-state index in [2.05, 4.69) is 10.2 Å². The van der Waals surface area contributed by atoms with Crippen LogP contribution in [0.3, 0.4) is 0 Å². The molecule has 20 heavy (non-hydrogen) atoms. The molecule has 0 aliphatic heterocycles. The molecular formula is C13H12Cl2N2O3. The lowest BCUT2D eigenvalue weighted by Crippen LogP contribution is -2.10. The van der Waals surface area contributed by atoms with Gasteiger partial charge in [0.15, 0.2) is 0 Å². The topological polar surface area (TPSA) is 75.2 Å². The Hall–Kier alpha value is -1.72. The molecule has 0 aliphatic carbocycles. The van der Waals surface area contributed by atoms with Crippen molar-refractivity contribution in [2.75, 3.05) is 0 Å². The first-order valence-corrected chi connectivity index (χ1v) is 6.55. The summed E-state index contributed by atoms with van der Waals surface area (Å²) in [6.07, 6.45) is -0.565. The van der Waals surface area contributed by atoms with Gasteiger partial charge in [0.25, 0.3) is 0 Å². The molecule has 0 aliphatic rings. The molecule has 1 unspecified atom stereocenters. The van der Waals surface area contributed by atoms with Crippen LogP contribution in [0.2, 0.25) is 10.0 Å². The van der Waals surface area contributed by atoms with Gasteiger partial charge in [-0.2, -0.15) is 5.10 Å². The lowest BCUT2D eigenvalue weighted by molar-refractivity contribution is 0.0691. The molecule has 0 saturated heterocycles. The number of ether oxygens (including phenoxy) is 1. The quantitative estimate of drug-likeness (QED) is 0.898. The van der Waals surface area contributed by atoms with E-state index in [1.807, 2.05) is 0 Å². The minimum Gasteiger partial charge on any atom is -0.483 e. The SMILES string of the molecule is Cc1[nH]nc(C(C)Oc2ccc(Cl)cc2Cl)c1C(=O)O. The molecule has 1 aromatic carbocycles. The Labute approximate surface area is 125 Å². The maximum Gasteiger partial charge on any atom is 0.339 e. The smallest absolute Gasteiger partial charge is 0.339 e. The average molecular weight is 315 g/mol. The number of nitrogens with zero attached hydrogens (tertiary/aromatic N) is 1. The molecule has 7 heteroatoms. The van der Waals surface area contributed by atoms with Crippen LogP contribution in [0.1, 0.15) is 34.8 Å². The summed E-state index contributed by atoms with van der Waals surface area (Å²) in [5.41, 5.74) is 0.911. The van der Waals surface area contributed by atoms with E-state index in [1.54, 1.807) is 32.0 Å². The minimum absolute atomic E-state index is 0.114. The Morgan fingerprint density at radius 2 is 2.15 bits per heavy atom. The normalized spacial score (nSPS) is 12.2. The zero-order chi connectivity index (χ0) is 14.9. The lowest BCUT2D eigenvalue weighted by atomic mass is 10.1. The second kappa shape index (κ2) is 5.73. The van der Waals surface area contributed by atoms with Crippen LogP contribution in [0, 0.1) is 6.92 Å². The molecule has 1 atom stereocenters. The second-order valence-corrected chi connectivity index (χ2v) is 5.09. The summed E-state index contributed by atoms with van der Waals surface area (Å²) in [5.74, 6) is -0.635. The molecule has 2 rings (SSSR count). The van der Waals surface area contributed by atoms with E-state index >= 15 is 0 Å². The van der Waals surface area contributed by atoms with Gasteiger partial charge < -0.3 is 9.84 Å². The van der Waals surface area contributed by atoms with E-state index in [1.165, 1.54) is 0 Å². The number of aromatic amines is 1. The number of benzene rings is 1. The number of aromatic carboxylic acids is 1. The molecule has 5 nitrogen and oxygen atoms in total. The summed E-state index contributed by atoms with van der Waals surface area (Å²) in [5, 5.41) is 16.7. The zero-order valence-electron chi connectivity index (χ0n) is 10.8. The summed E-state index contributed by atoms with van der Waals surface area (Å²) >= 11 is 11.8. The van der Waals surface area contributed by atoms with Crippen molar-refractivity contribution in [1.29, 1.82) is 0 Å². The van der Waals surface area contributed by atoms with Crippen LogP contribution in [0.4, 0.5) is 0 Å². The van der Waals surface area contributed by atoms with E-state index < -0.39 is 12.1 Å². The lowest BCUT2D eigenvalue weighted by Gasteiger charge is -2.14. The Balaban J connectivity index is 2.28. The van der Waals surface area contributed by atoms with Gasteiger partial charge in [-0.3, -0.25) is 5.10 Å². The van der Waals surface area contributed by atoms with Gasteiger partial charge >= 0.3 is 5.97 Å². The highest BCUT2D eigenvalue weighted by Gasteiger charge is 2.23. The van der Waals surface area contributed by atoms with Crippen molar-refractivity contribution in [3.63, 3.8) is 0 Å². The molecule has 0 fully saturated rings. The van der Waals surface area contributed by atoms with E-state index in [0.717, 1.165) is 0 Å². The molecule has 1 aromatic heterocycles. The van der Waals surface area contributed by atoms with Crippen molar-refractivity contribution >= 4 is 29.2 Å². The van der Waals surface area contributed by atoms with Crippen LogP contribution in [0.25, 0.3) is 0 Å². The molecule has 2 N–H and O–H groups in total. The third-order valence-electron chi connectivity index (χ3n) is 2.77. The standard InChI is InChI=1S/C13H12Cl2N2O3/c1-6-11(13(18)19)12(17-16-6)7(2)20-10-4-3-8(14)5-9(10)15/h3-5,7H,1-2H3,(H,16,17)(H,18,19). The molecule has 0 saturated carbocycles. The van der Waals surface area contributed by atoms with Gasteiger partial charge in [-0.05, 0) is 32.0 Å². The molecular weight excluding hydrogens is 303 g/mol. The van der Waals surface area contributed by atoms with Gasteiger partial charge in [0, 0.05) is 10.7 Å². The summed E-state index contributed by atoms with van der Waals surface area (Å²) in [7, 11) is 0. The minimum atomic E-state index is -1.05. The zero-order valence-corrected chi connectivity index (χ0v) is 12.3. The van der Waals surface area contributed by atoms with Crippen LogP contribution in [-0.2, 0) is 0 Å². The maximum atomic E-state index is 11.2. The van der Waals surface area contributed by atoms with Crippen molar-refractivity contribution in [2.24, 2.45) is 0 Å². The van der Waals surface area contributed by atoms with Crippen LogP contribution >= 0.6 is 23.2 Å². The average Bonchev–Trinajstić information content (AvgIpc) is 2.74. The fraction of sp³-hybridized carbons (Fsp3) is 0.231. The fourth-order valence-corrected chi connectivity index (χ4v) is 2.28.